The molecule has 0 bridgehead atoms. The Labute approximate surface area is 94.9 Å². The molecule has 0 amide bonds. The fourth-order valence-electron chi connectivity index (χ4n) is 2.11. The molecule has 84 valence electrons. The first-order chi connectivity index (χ1) is 7.93. The molecule has 0 saturated carbocycles. The van der Waals surface area contributed by atoms with Crippen LogP contribution < -0.4 is 10.4 Å². The highest BCUT2D eigenvalue weighted by atomic mass is 15.5. The topological polar surface area (TPSA) is 32.6 Å². The van der Waals surface area contributed by atoms with Crippen molar-refractivity contribution in [2.24, 2.45) is 0 Å². The summed E-state index contributed by atoms with van der Waals surface area (Å²) in [5, 5.41) is 2.17. The number of rotatable bonds is 1. The zero-order chi connectivity index (χ0) is 10.8. The lowest BCUT2D eigenvalue weighted by molar-refractivity contribution is 0.654. The van der Waals surface area contributed by atoms with Gasteiger partial charge in [0.2, 0.25) is 0 Å². The fourth-order valence-corrected chi connectivity index (χ4v) is 2.11. The van der Waals surface area contributed by atoms with Crippen LogP contribution in [0.25, 0.3) is 5.65 Å². The number of fused-ring (bicyclic) bond motifs is 1. The second kappa shape index (κ2) is 4.14. The predicted molar refractivity (Wildman–Crippen MR) is 64.4 cm³/mol. The Hall–Kier alpha value is -1.55. The van der Waals surface area contributed by atoms with Crippen molar-refractivity contribution in [3.63, 3.8) is 0 Å². The molecule has 2 aromatic heterocycles. The van der Waals surface area contributed by atoms with Crippen LogP contribution in [0.1, 0.15) is 19.3 Å². The van der Waals surface area contributed by atoms with Crippen molar-refractivity contribution in [3.8, 4) is 0 Å². The van der Waals surface area contributed by atoms with Crippen LogP contribution in [-0.4, -0.2) is 22.5 Å². The molecule has 0 aliphatic carbocycles. The summed E-state index contributed by atoms with van der Waals surface area (Å²) in [6.07, 6.45) is 7.90. The molecule has 1 aliphatic rings. The number of hydrazine groups is 1. The van der Waals surface area contributed by atoms with Gasteiger partial charge in [-0.2, -0.15) is 0 Å². The van der Waals surface area contributed by atoms with Gasteiger partial charge < -0.3 is 4.40 Å². The van der Waals surface area contributed by atoms with Crippen LogP contribution in [-0.2, 0) is 0 Å². The van der Waals surface area contributed by atoms with Crippen molar-refractivity contribution >= 4 is 11.5 Å². The molecular formula is C12H16N4. The van der Waals surface area contributed by atoms with Gasteiger partial charge in [-0.3, -0.25) is 5.01 Å². The Kier molecular flexibility index (Phi) is 2.50. The molecule has 0 aromatic carbocycles. The molecule has 0 spiro atoms. The molecule has 4 heteroatoms. The maximum atomic E-state index is 4.60. The van der Waals surface area contributed by atoms with Crippen molar-refractivity contribution in [2.45, 2.75) is 19.3 Å². The summed E-state index contributed by atoms with van der Waals surface area (Å²) in [4.78, 5) is 4.60. The number of nitrogens with one attached hydrogen (secondary N) is 1. The average Bonchev–Trinajstić information content (AvgIpc) is 2.56. The molecule has 0 atom stereocenters. The summed E-state index contributed by atoms with van der Waals surface area (Å²) in [7, 11) is 0. The van der Waals surface area contributed by atoms with E-state index in [1.54, 1.807) is 0 Å². The molecule has 3 rings (SSSR count). The smallest absolute Gasteiger partial charge is 0.162 e. The molecule has 4 nitrogen and oxygen atoms in total. The zero-order valence-corrected chi connectivity index (χ0v) is 9.26. The van der Waals surface area contributed by atoms with Crippen LogP contribution in [0.4, 0.5) is 5.82 Å². The fraction of sp³-hybridized carbons (Fsp3) is 0.417. The highest BCUT2D eigenvalue weighted by molar-refractivity contribution is 5.49. The van der Waals surface area contributed by atoms with E-state index in [0.717, 1.165) is 24.6 Å². The molecule has 0 radical (unpaired) electrons. The highest BCUT2D eigenvalue weighted by Gasteiger charge is 2.12. The summed E-state index contributed by atoms with van der Waals surface area (Å²) in [5.41, 5.74) is 4.42. The summed E-state index contributed by atoms with van der Waals surface area (Å²) in [6.45, 7) is 2.09. The third kappa shape index (κ3) is 1.76. The van der Waals surface area contributed by atoms with Crippen molar-refractivity contribution in [1.82, 2.24) is 14.8 Å². The summed E-state index contributed by atoms with van der Waals surface area (Å²) < 4.78 is 2.06. The average molecular weight is 216 g/mol. The van der Waals surface area contributed by atoms with Crippen molar-refractivity contribution in [3.05, 3.63) is 30.6 Å². The highest BCUT2D eigenvalue weighted by Crippen LogP contribution is 2.15. The third-order valence-electron chi connectivity index (χ3n) is 2.99. The molecule has 1 N–H and O–H groups in total. The Morgan fingerprint density at radius 3 is 3.12 bits per heavy atom. The third-order valence-corrected chi connectivity index (χ3v) is 2.99. The van der Waals surface area contributed by atoms with E-state index >= 15 is 0 Å². The van der Waals surface area contributed by atoms with E-state index in [-0.39, 0.29) is 0 Å². The first-order valence-corrected chi connectivity index (χ1v) is 5.88. The zero-order valence-electron chi connectivity index (χ0n) is 9.26. The lowest BCUT2D eigenvalue weighted by Crippen LogP contribution is -2.37. The normalized spacial score (nSPS) is 17.6. The Balaban J connectivity index is 1.92. The second-order valence-corrected chi connectivity index (χ2v) is 4.19. The van der Waals surface area contributed by atoms with Crippen LogP contribution in [0.15, 0.2) is 30.6 Å². The maximum Gasteiger partial charge on any atom is 0.162 e. The summed E-state index contributed by atoms with van der Waals surface area (Å²) in [6, 6.07) is 6.07. The molecule has 1 fully saturated rings. The Morgan fingerprint density at radius 2 is 2.19 bits per heavy atom. The van der Waals surface area contributed by atoms with Gasteiger partial charge in [0, 0.05) is 19.3 Å². The van der Waals surface area contributed by atoms with E-state index in [1.807, 2.05) is 24.4 Å². The van der Waals surface area contributed by atoms with Gasteiger partial charge in [0.25, 0.3) is 0 Å². The quantitative estimate of drug-likeness (QED) is 0.789. The number of aromatic nitrogens is 2. The monoisotopic (exact) mass is 216 g/mol. The van der Waals surface area contributed by atoms with E-state index in [1.165, 1.54) is 19.3 Å². The van der Waals surface area contributed by atoms with Gasteiger partial charge in [0.15, 0.2) is 5.82 Å². The molecule has 2 aromatic rings. The first kappa shape index (κ1) is 9.66. The first-order valence-electron chi connectivity index (χ1n) is 5.88. The standard InChI is InChI=1S/C12H16N4/c1-3-7-13-16(9-4-1)12-10-15-8-5-2-6-11(15)14-12/h2,5-6,8,10,13H,1,3-4,7,9H2. The van der Waals surface area contributed by atoms with E-state index in [4.69, 9.17) is 0 Å². The van der Waals surface area contributed by atoms with Crippen LogP contribution >= 0.6 is 0 Å². The summed E-state index contributed by atoms with van der Waals surface area (Å²) in [5.74, 6) is 1.02. The molecular weight excluding hydrogens is 200 g/mol. The number of pyridine rings is 1. The van der Waals surface area contributed by atoms with Gasteiger partial charge in [0.1, 0.15) is 5.65 Å². The molecule has 1 aliphatic heterocycles. The predicted octanol–water partition coefficient (Wildman–Crippen LogP) is 1.83. The largest absolute Gasteiger partial charge is 0.305 e. The van der Waals surface area contributed by atoms with Crippen molar-refractivity contribution in [2.75, 3.05) is 18.1 Å². The van der Waals surface area contributed by atoms with Crippen LogP contribution in [0.2, 0.25) is 0 Å². The maximum absolute atomic E-state index is 4.60. The lowest BCUT2D eigenvalue weighted by atomic mass is 10.2. The number of nitrogens with zero attached hydrogens (tertiary/aromatic N) is 3. The number of anilines is 1. The summed E-state index contributed by atoms with van der Waals surface area (Å²) >= 11 is 0. The van der Waals surface area contributed by atoms with Crippen LogP contribution in [0.3, 0.4) is 0 Å². The molecule has 1 saturated heterocycles. The number of imidazole rings is 1. The van der Waals surface area contributed by atoms with E-state index < -0.39 is 0 Å². The Bertz CT molecular complexity index is 436. The van der Waals surface area contributed by atoms with Gasteiger partial charge in [-0.1, -0.05) is 12.5 Å². The second-order valence-electron chi connectivity index (χ2n) is 4.19. The van der Waals surface area contributed by atoms with Gasteiger partial charge >= 0.3 is 0 Å². The minimum Gasteiger partial charge on any atom is -0.305 e. The molecule has 3 heterocycles. The van der Waals surface area contributed by atoms with Gasteiger partial charge in [0.05, 0.1) is 6.20 Å². The van der Waals surface area contributed by atoms with Crippen LogP contribution in [0.5, 0.6) is 0 Å². The number of hydrogen-bond donors (Lipinski definition) is 1. The molecule has 16 heavy (non-hydrogen) atoms. The van der Waals surface area contributed by atoms with E-state index in [9.17, 15) is 0 Å². The lowest BCUT2D eigenvalue weighted by Gasteiger charge is -2.19. The van der Waals surface area contributed by atoms with E-state index in [2.05, 4.69) is 26.0 Å². The Morgan fingerprint density at radius 1 is 1.19 bits per heavy atom. The molecule has 0 unspecified atom stereocenters. The minimum atomic E-state index is 1.00. The minimum absolute atomic E-state index is 1.00. The van der Waals surface area contributed by atoms with Gasteiger partial charge in [-0.05, 0) is 25.0 Å². The van der Waals surface area contributed by atoms with Crippen molar-refractivity contribution in [1.29, 1.82) is 0 Å². The van der Waals surface area contributed by atoms with E-state index in [0.29, 0.717) is 0 Å². The van der Waals surface area contributed by atoms with Gasteiger partial charge in [-0.25, -0.2) is 10.4 Å². The van der Waals surface area contributed by atoms with Gasteiger partial charge in [-0.15, -0.1) is 0 Å². The number of hydrogen-bond acceptors (Lipinski definition) is 3. The SMILES string of the molecule is c1ccn2cc(N3CCCCCN3)nc2c1. The van der Waals surface area contributed by atoms with Crippen LogP contribution in [0, 0.1) is 0 Å². The van der Waals surface area contributed by atoms with Crippen molar-refractivity contribution < 1.29 is 0 Å².